The lowest BCUT2D eigenvalue weighted by Gasteiger charge is -2.15. The highest BCUT2D eigenvalue weighted by atomic mass is 32.2. The highest BCUT2D eigenvalue weighted by Gasteiger charge is 2.14. The van der Waals surface area contributed by atoms with Crippen LogP contribution in [0.1, 0.15) is 39.8 Å². The van der Waals surface area contributed by atoms with E-state index in [0.717, 1.165) is 22.5 Å². The first-order valence-electron chi connectivity index (χ1n) is 10.8. The minimum Gasteiger partial charge on any atom is -0.342 e. The number of carbonyl (C=O) groups is 2. The lowest BCUT2D eigenvalue weighted by Crippen LogP contribution is -2.23. The summed E-state index contributed by atoms with van der Waals surface area (Å²) in [4.78, 5) is 35.2. The molecule has 0 aliphatic rings. The second-order valence-electron chi connectivity index (χ2n) is 8.12. The Morgan fingerprint density at radius 3 is 2.65 bits per heavy atom. The predicted molar refractivity (Wildman–Crippen MR) is 133 cm³/mol. The number of fused-ring (bicyclic) bond motifs is 1. The second kappa shape index (κ2) is 10.0. The van der Waals surface area contributed by atoms with Crippen molar-refractivity contribution in [3.05, 3.63) is 82.7 Å². The molecule has 0 spiro atoms. The van der Waals surface area contributed by atoms with Gasteiger partial charge in [-0.25, -0.2) is 9.50 Å². The molecular formula is C25H26N6O2S. The standard InChI is InChI=1S/C25H26N6O2S/c1-16-12-17(2)31-24(26-16)28-25(29-31)34-15-20-9-5-6-11-22(20)23(33)27-21-10-7-8-19(13-21)14-30(4)18(3)32/h5-13H,14-15H2,1-4H3,(H,27,33). The van der Waals surface area contributed by atoms with Gasteiger partial charge in [-0.2, -0.15) is 4.98 Å². The van der Waals surface area contributed by atoms with E-state index >= 15 is 0 Å². The number of aromatic nitrogens is 4. The van der Waals surface area contributed by atoms with Gasteiger partial charge in [0, 0.05) is 48.9 Å². The Kier molecular flexibility index (Phi) is 6.93. The molecule has 0 unspecified atom stereocenters. The van der Waals surface area contributed by atoms with Crippen molar-refractivity contribution in [2.45, 2.75) is 38.2 Å². The first-order valence-corrected chi connectivity index (χ1v) is 11.8. The van der Waals surface area contributed by atoms with Crippen molar-refractivity contribution >= 4 is 35.0 Å². The van der Waals surface area contributed by atoms with Crippen LogP contribution >= 0.6 is 11.8 Å². The van der Waals surface area contributed by atoms with Crippen LogP contribution in [0.15, 0.2) is 59.8 Å². The van der Waals surface area contributed by atoms with E-state index in [2.05, 4.69) is 20.4 Å². The molecule has 4 rings (SSSR count). The van der Waals surface area contributed by atoms with Crippen LogP contribution in [0.4, 0.5) is 5.69 Å². The van der Waals surface area contributed by atoms with Crippen molar-refractivity contribution in [1.82, 2.24) is 24.5 Å². The lowest BCUT2D eigenvalue weighted by atomic mass is 10.1. The number of hydrogen-bond donors (Lipinski definition) is 1. The molecule has 0 radical (unpaired) electrons. The van der Waals surface area contributed by atoms with Gasteiger partial charge in [0.25, 0.3) is 11.7 Å². The molecule has 0 saturated carbocycles. The molecule has 2 heterocycles. The van der Waals surface area contributed by atoms with Crippen LogP contribution in [-0.4, -0.2) is 43.3 Å². The fourth-order valence-corrected chi connectivity index (χ4v) is 4.37. The first-order chi connectivity index (χ1) is 16.3. The minimum absolute atomic E-state index is 0.0120. The zero-order valence-corrected chi connectivity index (χ0v) is 20.4. The quantitative estimate of drug-likeness (QED) is 0.402. The third-order valence-electron chi connectivity index (χ3n) is 5.36. The molecule has 174 valence electrons. The normalized spacial score (nSPS) is 10.9. The number of thioether (sulfide) groups is 1. The van der Waals surface area contributed by atoms with E-state index < -0.39 is 0 Å². The average molecular weight is 475 g/mol. The van der Waals surface area contributed by atoms with Crippen LogP contribution in [0.3, 0.4) is 0 Å². The molecule has 0 bridgehead atoms. The van der Waals surface area contributed by atoms with E-state index in [1.165, 1.54) is 18.7 Å². The molecule has 8 nitrogen and oxygen atoms in total. The van der Waals surface area contributed by atoms with Crippen molar-refractivity contribution in [3.8, 4) is 0 Å². The van der Waals surface area contributed by atoms with E-state index in [-0.39, 0.29) is 11.8 Å². The predicted octanol–water partition coefficient (Wildman–Crippen LogP) is 4.26. The van der Waals surface area contributed by atoms with Crippen LogP contribution in [0.25, 0.3) is 5.78 Å². The molecule has 2 aromatic carbocycles. The summed E-state index contributed by atoms with van der Waals surface area (Å²) in [6.45, 7) is 5.91. The first kappa shape index (κ1) is 23.4. The summed E-state index contributed by atoms with van der Waals surface area (Å²) in [5, 5.41) is 8.12. The van der Waals surface area contributed by atoms with Crippen molar-refractivity contribution in [3.63, 3.8) is 0 Å². The van der Waals surface area contributed by atoms with Crippen LogP contribution in [0.5, 0.6) is 0 Å². The number of nitrogens with zero attached hydrogens (tertiary/aromatic N) is 5. The fourth-order valence-electron chi connectivity index (χ4n) is 3.55. The molecule has 0 aliphatic carbocycles. The Bertz CT molecular complexity index is 1370. The Hall–Kier alpha value is -3.72. The summed E-state index contributed by atoms with van der Waals surface area (Å²) in [5.74, 6) is 0.912. The Labute approximate surface area is 202 Å². The summed E-state index contributed by atoms with van der Waals surface area (Å²) in [7, 11) is 1.75. The summed E-state index contributed by atoms with van der Waals surface area (Å²) in [6, 6.07) is 17.0. The molecule has 0 atom stereocenters. The van der Waals surface area contributed by atoms with E-state index in [1.54, 1.807) is 16.5 Å². The van der Waals surface area contributed by atoms with Gasteiger partial charge in [0.2, 0.25) is 11.1 Å². The summed E-state index contributed by atoms with van der Waals surface area (Å²) in [5.41, 5.74) is 4.97. The van der Waals surface area contributed by atoms with Crippen molar-refractivity contribution in [1.29, 1.82) is 0 Å². The van der Waals surface area contributed by atoms with Crippen LogP contribution in [0, 0.1) is 13.8 Å². The van der Waals surface area contributed by atoms with Gasteiger partial charge in [0.1, 0.15) is 0 Å². The largest absolute Gasteiger partial charge is 0.342 e. The van der Waals surface area contributed by atoms with Crippen molar-refractivity contribution in [2.75, 3.05) is 12.4 Å². The maximum atomic E-state index is 13.1. The van der Waals surface area contributed by atoms with Crippen molar-refractivity contribution in [2.24, 2.45) is 0 Å². The fraction of sp³-hybridized carbons (Fsp3) is 0.240. The van der Waals surface area contributed by atoms with Gasteiger partial charge in [0.05, 0.1) is 0 Å². The van der Waals surface area contributed by atoms with Gasteiger partial charge in [-0.05, 0) is 49.2 Å². The van der Waals surface area contributed by atoms with E-state index in [0.29, 0.717) is 34.5 Å². The third kappa shape index (κ3) is 5.43. The highest BCUT2D eigenvalue weighted by Crippen LogP contribution is 2.24. The second-order valence-corrected chi connectivity index (χ2v) is 9.06. The van der Waals surface area contributed by atoms with Gasteiger partial charge in [-0.1, -0.05) is 42.1 Å². The van der Waals surface area contributed by atoms with Gasteiger partial charge in [-0.3, -0.25) is 9.59 Å². The maximum absolute atomic E-state index is 13.1. The number of hydrogen-bond acceptors (Lipinski definition) is 6. The van der Waals surface area contributed by atoms with E-state index in [9.17, 15) is 9.59 Å². The highest BCUT2D eigenvalue weighted by molar-refractivity contribution is 7.98. The monoisotopic (exact) mass is 474 g/mol. The number of anilines is 1. The zero-order valence-electron chi connectivity index (χ0n) is 19.6. The van der Waals surface area contributed by atoms with Crippen LogP contribution in [0.2, 0.25) is 0 Å². The number of nitrogens with one attached hydrogen (secondary N) is 1. The number of rotatable bonds is 7. The molecule has 34 heavy (non-hydrogen) atoms. The van der Waals surface area contributed by atoms with Gasteiger partial charge in [-0.15, -0.1) is 5.10 Å². The van der Waals surface area contributed by atoms with E-state index in [4.69, 9.17) is 0 Å². The maximum Gasteiger partial charge on any atom is 0.255 e. The smallest absolute Gasteiger partial charge is 0.255 e. The molecular weight excluding hydrogens is 448 g/mol. The number of amides is 2. The Morgan fingerprint density at radius 2 is 1.85 bits per heavy atom. The van der Waals surface area contributed by atoms with Gasteiger partial charge >= 0.3 is 0 Å². The van der Waals surface area contributed by atoms with E-state index in [1.807, 2.05) is 68.4 Å². The van der Waals surface area contributed by atoms with Crippen LogP contribution < -0.4 is 5.32 Å². The number of benzene rings is 2. The Balaban J connectivity index is 1.48. The summed E-state index contributed by atoms with van der Waals surface area (Å²) < 4.78 is 1.73. The molecule has 2 aromatic heterocycles. The third-order valence-corrected chi connectivity index (χ3v) is 6.25. The van der Waals surface area contributed by atoms with Gasteiger partial charge in [0.15, 0.2) is 0 Å². The Morgan fingerprint density at radius 1 is 1.06 bits per heavy atom. The SMILES string of the molecule is CC(=O)N(C)Cc1cccc(NC(=O)c2ccccc2CSc2nc3nc(C)cc(C)n3n2)c1. The average Bonchev–Trinajstić information content (AvgIpc) is 3.21. The van der Waals surface area contributed by atoms with Crippen LogP contribution in [-0.2, 0) is 17.1 Å². The molecule has 4 aromatic rings. The molecule has 2 amide bonds. The topological polar surface area (TPSA) is 92.5 Å². The number of carbonyl (C=O) groups excluding carboxylic acids is 2. The molecule has 0 saturated heterocycles. The zero-order chi connectivity index (χ0) is 24.2. The van der Waals surface area contributed by atoms with Gasteiger partial charge < -0.3 is 10.2 Å². The minimum atomic E-state index is -0.190. The summed E-state index contributed by atoms with van der Waals surface area (Å²) in [6.07, 6.45) is 0. The summed E-state index contributed by atoms with van der Waals surface area (Å²) >= 11 is 1.46. The number of aryl methyl sites for hydroxylation is 2. The molecule has 0 aliphatic heterocycles. The van der Waals surface area contributed by atoms with Crippen molar-refractivity contribution < 1.29 is 9.59 Å². The molecule has 0 fully saturated rings. The molecule has 1 N–H and O–H groups in total. The molecule has 9 heteroatoms. The lowest BCUT2D eigenvalue weighted by molar-refractivity contribution is -0.128.